The second kappa shape index (κ2) is 8.37. The normalized spacial score (nSPS) is 12.7. The van der Waals surface area contributed by atoms with E-state index in [-0.39, 0.29) is 28.6 Å². The Kier molecular flexibility index (Phi) is 6.61. The summed E-state index contributed by atoms with van der Waals surface area (Å²) in [5.74, 6) is 0. The maximum Gasteiger partial charge on any atom is 0.516 e. The molecular formula is C16H13Cl2F3N2O3S. The second-order valence-electron chi connectivity index (χ2n) is 5.28. The molecule has 0 aliphatic carbocycles. The van der Waals surface area contributed by atoms with Crippen LogP contribution in [-0.4, -0.2) is 19.6 Å². The smallest absolute Gasteiger partial charge is 0.391 e. The third kappa shape index (κ3) is 5.50. The number of benzene rings is 2. The zero-order valence-electron chi connectivity index (χ0n) is 13.7. The number of hydrogen-bond acceptors (Lipinski definition) is 4. The van der Waals surface area contributed by atoms with Crippen LogP contribution in [0.3, 0.4) is 0 Å². The third-order valence-electron chi connectivity index (χ3n) is 3.30. The van der Waals surface area contributed by atoms with Crippen LogP contribution in [0.15, 0.2) is 47.6 Å². The van der Waals surface area contributed by atoms with E-state index in [9.17, 15) is 21.6 Å². The van der Waals surface area contributed by atoms with Crippen LogP contribution in [0, 0.1) is 0 Å². The molecule has 0 amide bonds. The largest absolute Gasteiger partial charge is 0.516 e. The van der Waals surface area contributed by atoms with Gasteiger partial charge < -0.3 is 4.84 Å². The zero-order chi connectivity index (χ0) is 20.2. The highest BCUT2D eigenvalue weighted by Gasteiger charge is 2.46. The molecule has 11 heteroatoms. The fraction of sp³-hybridized carbons (Fsp3) is 0.188. The molecule has 27 heavy (non-hydrogen) atoms. The van der Waals surface area contributed by atoms with Gasteiger partial charge in [0, 0.05) is 21.2 Å². The van der Waals surface area contributed by atoms with Crippen molar-refractivity contribution in [2.75, 3.05) is 4.72 Å². The van der Waals surface area contributed by atoms with E-state index < -0.39 is 15.5 Å². The van der Waals surface area contributed by atoms with E-state index in [4.69, 9.17) is 28.0 Å². The van der Waals surface area contributed by atoms with Gasteiger partial charge in [0.2, 0.25) is 0 Å². The van der Waals surface area contributed by atoms with Crippen LogP contribution in [0.1, 0.15) is 18.1 Å². The molecule has 5 nitrogen and oxygen atoms in total. The molecule has 1 N–H and O–H groups in total. The Bertz CT molecular complexity index is 964. The van der Waals surface area contributed by atoms with E-state index in [1.54, 1.807) is 24.3 Å². The summed E-state index contributed by atoms with van der Waals surface area (Å²) in [7, 11) is -5.60. The third-order valence-corrected chi connectivity index (χ3v) is 5.00. The maximum atomic E-state index is 12.6. The molecular weight excluding hydrogens is 428 g/mol. The standard InChI is InChI=1S/C16H13Cl2F3N2O3S/c1-10(22-26-9-11-4-2-3-5-14(11)18)13-8-12(17)6-7-15(13)23-27(24,25)16(19,20)21/h2-8,23H,9H2,1H3/b22-10+. The number of halogens is 5. The molecule has 0 saturated heterocycles. The van der Waals surface area contributed by atoms with Crippen LogP contribution < -0.4 is 4.72 Å². The number of alkyl halides is 3. The van der Waals surface area contributed by atoms with Crippen LogP contribution in [0.5, 0.6) is 0 Å². The Hall–Kier alpha value is -1.97. The molecule has 0 heterocycles. The van der Waals surface area contributed by atoms with E-state index in [1.807, 2.05) is 0 Å². The van der Waals surface area contributed by atoms with Gasteiger partial charge in [-0.05, 0) is 31.2 Å². The van der Waals surface area contributed by atoms with Crippen LogP contribution in [0.25, 0.3) is 0 Å². The Morgan fingerprint density at radius 2 is 1.85 bits per heavy atom. The Balaban J connectivity index is 2.26. The van der Waals surface area contributed by atoms with Gasteiger partial charge in [0.1, 0.15) is 6.61 Å². The minimum absolute atomic E-state index is 0.0151. The summed E-state index contributed by atoms with van der Waals surface area (Å²) < 4.78 is 62.1. The van der Waals surface area contributed by atoms with Gasteiger partial charge in [-0.2, -0.15) is 21.6 Å². The zero-order valence-corrected chi connectivity index (χ0v) is 16.0. The first-order valence-corrected chi connectivity index (χ1v) is 9.54. The minimum atomic E-state index is -5.60. The number of nitrogens with zero attached hydrogens (tertiary/aromatic N) is 1. The highest BCUT2D eigenvalue weighted by Crippen LogP contribution is 2.29. The van der Waals surface area contributed by atoms with Crippen molar-refractivity contribution in [3.8, 4) is 0 Å². The van der Waals surface area contributed by atoms with E-state index in [2.05, 4.69) is 5.16 Å². The Labute approximate surface area is 163 Å². The number of sulfonamides is 1. The molecule has 0 aromatic heterocycles. The first-order chi connectivity index (χ1) is 12.5. The molecule has 0 radical (unpaired) electrons. The van der Waals surface area contributed by atoms with Crippen molar-refractivity contribution in [1.82, 2.24) is 0 Å². The van der Waals surface area contributed by atoms with Crippen molar-refractivity contribution < 1.29 is 26.4 Å². The summed E-state index contributed by atoms with van der Waals surface area (Å²) in [6, 6.07) is 10.5. The molecule has 0 saturated carbocycles. The van der Waals surface area contributed by atoms with Crippen LogP contribution in [0.4, 0.5) is 18.9 Å². The van der Waals surface area contributed by atoms with Gasteiger partial charge in [-0.3, -0.25) is 4.72 Å². The number of hydrogen-bond donors (Lipinski definition) is 1. The summed E-state index contributed by atoms with van der Waals surface area (Å²) in [6.07, 6.45) is 0. The summed E-state index contributed by atoms with van der Waals surface area (Å²) in [6.45, 7) is 1.45. The summed E-state index contributed by atoms with van der Waals surface area (Å²) in [5.41, 5.74) is -4.99. The summed E-state index contributed by atoms with van der Waals surface area (Å²) in [4.78, 5) is 5.17. The van der Waals surface area contributed by atoms with E-state index in [0.29, 0.717) is 10.6 Å². The van der Waals surface area contributed by atoms with Gasteiger partial charge in [0.15, 0.2) is 0 Å². The van der Waals surface area contributed by atoms with Crippen LogP contribution >= 0.6 is 23.2 Å². The number of nitrogens with one attached hydrogen (secondary N) is 1. The number of oxime groups is 1. The fourth-order valence-corrected chi connectivity index (χ4v) is 2.92. The molecule has 0 unspecified atom stereocenters. The van der Waals surface area contributed by atoms with Gasteiger partial charge in [-0.1, -0.05) is 46.6 Å². The van der Waals surface area contributed by atoms with E-state index in [1.165, 1.54) is 23.8 Å². The van der Waals surface area contributed by atoms with Crippen molar-refractivity contribution in [1.29, 1.82) is 0 Å². The maximum absolute atomic E-state index is 12.6. The molecule has 2 rings (SSSR count). The van der Waals surface area contributed by atoms with E-state index in [0.717, 1.165) is 6.07 Å². The quantitative estimate of drug-likeness (QED) is 0.495. The first-order valence-electron chi connectivity index (χ1n) is 7.30. The van der Waals surface area contributed by atoms with Gasteiger partial charge in [0.05, 0.1) is 11.4 Å². The average Bonchev–Trinajstić information content (AvgIpc) is 2.57. The molecule has 0 atom stereocenters. The lowest BCUT2D eigenvalue weighted by Gasteiger charge is -2.14. The Morgan fingerprint density at radius 3 is 2.48 bits per heavy atom. The van der Waals surface area contributed by atoms with Gasteiger partial charge >= 0.3 is 15.5 Å². The summed E-state index contributed by atoms with van der Waals surface area (Å²) in [5, 5.41) is 4.45. The van der Waals surface area contributed by atoms with Crippen molar-refractivity contribution in [3.05, 3.63) is 63.6 Å². The first kappa shape index (κ1) is 21.3. The SMILES string of the molecule is C/C(=N\OCc1ccccc1Cl)c1cc(Cl)ccc1NS(=O)(=O)C(F)(F)F. The minimum Gasteiger partial charge on any atom is -0.391 e. The lowest BCUT2D eigenvalue weighted by molar-refractivity contribution is -0.0429. The van der Waals surface area contributed by atoms with Crippen molar-refractivity contribution >= 4 is 44.6 Å². The fourth-order valence-electron chi connectivity index (χ4n) is 1.97. The monoisotopic (exact) mass is 440 g/mol. The van der Waals surface area contributed by atoms with Crippen molar-refractivity contribution in [3.63, 3.8) is 0 Å². The van der Waals surface area contributed by atoms with E-state index >= 15 is 0 Å². The number of rotatable bonds is 6. The Morgan fingerprint density at radius 1 is 1.19 bits per heavy atom. The van der Waals surface area contributed by atoms with Gasteiger partial charge in [0.25, 0.3) is 0 Å². The topological polar surface area (TPSA) is 67.8 Å². The predicted molar refractivity (Wildman–Crippen MR) is 98.5 cm³/mol. The second-order valence-corrected chi connectivity index (χ2v) is 7.80. The lowest BCUT2D eigenvalue weighted by atomic mass is 10.1. The molecule has 2 aromatic rings. The van der Waals surface area contributed by atoms with Gasteiger partial charge in [-0.15, -0.1) is 0 Å². The van der Waals surface area contributed by atoms with Crippen molar-refractivity contribution in [2.24, 2.45) is 5.16 Å². The molecule has 0 spiro atoms. The highest BCUT2D eigenvalue weighted by molar-refractivity contribution is 7.93. The molecule has 146 valence electrons. The van der Waals surface area contributed by atoms with Crippen LogP contribution in [0.2, 0.25) is 10.0 Å². The summed E-state index contributed by atoms with van der Waals surface area (Å²) >= 11 is 11.8. The average molecular weight is 441 g/mol. The molecule has 0 fully saturated rings. The van der Waals surface area contributed by atoms with Crippen LogP contribution in [-0.2, 0) is 21.5 Å². The number of anilines is 1. The predicted octanol–water partition coefficient (Wildman–Crippen LogP) is 5.20. The molecule has 0 aliphatic rings. The van der Waals surface area contributed by atoms with Crippen molar-refractivity contribution in [2.45, 2.75) is 19.0 Å². The lowest BCUT2D eigenvalue weighted by Crippen LogP contribution is -2.30. The molecule has 2 aromatic carbocycles. The molecule has 0 aliphatic heterocycles. The molecule has 0 bridgehead atoms. The highest BCUT2D eigenvalue weighted by atomic mass is 35.5. The van der Waals surface area contributed by atoms with Gasteiger partial charge in [-0.25, -0.2) is 0 Å².